The molecule has 3 rings (SSSR count). The molecule has 1 aliphatic heterocycles. The molecule has 170 valence electrons. The van der Waals surface area contributed by atoms with E-state index < -0.39 is 29.6 Å². The minimum atomic E-state index is -1.09. The van der Waals surface area contributed by atoms with Gasteiger partial charge in [-0.2, -0.15) is 5.10 Å². The molecule has 32 heavy (non-hydrogen) atoms. The van der Waals surface area contributed by atoms with Crippen LogP contribution in [0.15, 0.2) is 48.8 Å². The Labute approximate surface area is 187 Å². The Hall–Kier alpha value is -3.42. The molecule has 8 heteroatoms. The number of carbonyl (C=O) groups is 3. The van der Waals surface area contributed by atoms with Crippen molar-refractivity contribution in [3.63, 3.8) is 0 Å². The molecule has 0 saturated heterocycles. The summed E-state index contributed by atoms with van der Waals surface area (Å²) in [5.74, 6) is -1.23. The standard InChI is InChI=1S/C24H29N3O5/c1-5-6-13-31-22(29)20-15-18(16-21(28)27(20)23(30)32-24(2,3)4)17-9-7-10-19(14-17)26-12-8-11-25-26/h7-12,14,16,20H,5-6,13,15H2,1-4H3/t20-/m1/s1. The van der Waals surface area contributed by atoms with Crippen molar-refractivity contribution in [1.82, 2.24) is 14.7 Å². The van der Waals surface area contributed by atoms with Crippen LogP contribution in [0.3, 0.4) is 0 Å². The summed E-state index contributed by atoms with van der Waals surface area (Å²) in [6.07, 6.45) is 5.71. The highest BCUT2D eigenvalue weighted by Gasteiger charge is 2.41. The van der Waals surface area contributed by atoms with E-state index in [0.29, 0.717) is 12.0 Å². The molecule has 0 saturated carbocycles. The predicted molar refractivity (Wildman–Crippen MR) is 119 cm³/mol. The normalized spacial score (nSPS) is 16.5. The van der Waals surface area contributed by atoms with Crippen LogP contribution in [0.25, 0.3) is 11.3 Å². The van der Waals surface area contributed by atoms with Crippen molar-refractivity contribution >= 4 is 23.5 Å². The molecule has 1 atom stereocenters. The van der Waals surface area contributed by atoms with E-state index in [1.54, 1.807) is 31.6 Å². The van der Waals surface area contributed by atoms with Crippen LogP contribution in [0.5, 0.6) is 0 Å². The molecule has 1 aromatic carbocycles. The van der Waals surface area contributed by atoms with Gasteiger partial charge < -0.3 is 9.47 Å². The van der Waals surface area contributed by atoms with E-state index in [9.17, 15) is 14.4 Å². The van der Waals surface area contributed by atoms with Gasteiger partial charge in [-0.05, 0) is 56.5 Å². The molecule has 0 bridgehead atoms. The number of hydrogen-bond donors (Lipinski definition) is 0. The van der Waals surface area contributed by atoms with E-state index >= 15 is 0 Å². The Kier molecular flexibility index (Phi) is 7.12. The van der Waals surface area contributed by atoms with Crippen LogP contribution >= 0.6 is 0 Å². The third-order valence-electron chi connectivity index (χ3n) is 4.85. The van der Waals surface area contributed by atoms with Crippen molar-refractivity contribution in [2.24, 2.45) is 0 Å². The smallest absolute Gasteiger partial charge is 0.418 e. The maximum Gasteiger partial charge on any atom is 0.418 e. The summed E-state index contributed by atoms with van der Waals surface area (Å²) >= 11 is 0. The molecule has 2 aromatic rings. The third-order valence-corrected chi connectivity index (χ3v) is 4.85. The second-order valence-corrected chi connectivity index (χ2v) is 8.60. The first kappa shape index (κ1) is 23.2. The van der Waals surface area contributed by atoms with Crippen LogP contribution in [0.2, 0.25) is 0 Å². The number of benzene rings is 1. The fourth-order valence-electron chi connectivity index (χ4n) is 3.33. The van der Waals surface area contributed by atoms with Crippen LogP contribution < -0.4 is 0 Å². The molecule has 0 fully saturated rings. The molecule has 1 aliphatic rings. The lowest BCUT2D eigenvalue weighted by atomic mass is 9.93. The lowest BCUT2D eigenvalue weighted by Crippen LogP contribution is -2.52. The van der Waals surface area contributed by atoms with Crippen LogP contribution in [0.4, 0.5) is 4.79 Å². The third kappa shape index (κ3) is 5.63. The number of aromatic nitrogens is 2. The summed E-state index contributed by atoms with van der Waals surface area (Å²) in [5, 5.41) is 4.23. The zero-order valence-corrected chi connectivity index (χ0v) is 18.9. The SMILES string of the molecule is CCCCOC(=O)[C@H]1CC(c2cccc(-n3cccn3)c2)=CC(=O)N1C(=O)OC(C)(C)C. The topological polar surface area (TPSA) is 90.7 Å². The quantitative estimate of drug-likeness (QED) is 0.496. The van der Waals surface area contributed by atoms with Gasteiger partial charge in [-0.15, -0.1) is 0 Å². The molecule has 0 N–H and O–H groups in total. The number of nitrogens with zero attached hydrogens (tertiary/aromatic N) is 3. The lowest BCUT2D eigenvalue weighted by Gasteiger charge is -2.33. The largest absolute Gasteiger partial charge is 0.464 e. The molecule has 0 unspecified atom stereocenters. The summed E-state index contributed by atoms with van der Waals surface area (Å²) in [7, 11) is 0. The second kappa shape index (κ2) is 9.80. The average molecular weight is 440 g/mol. The fourth-order valence-corrected chi connectivity index (χ4v) is 3.33. The van der Waals surface area contributed by atoms with Crippen LogP contribution in [0, 0.1) is 0 Å². The summed E-state index contributed by atoms with van der Waals surface area (Å²) in [5.41, 5.74) is 1.41. The van der Waals surface area contributed by atoms with Crippen molar-refractivity contribution in [2.75, 3.05) is 6.61 Å². The van der Waals surface area contributed by atoms with E-state index in [1.807, 2.05) is 43.5 Å². The number of amides is 2. The number of ether oxygens (including phenoxy) is 2. The summed E-state index contributed by atoms with van der Waals surface area (Å²) in [4.78, 5) is 39.5. The Morgan fingerprint density at radius 3 is 2.66 bits per heavy atom. The van der Waals surface area contributed by atoms with Crippen molar-refractivity contribution < 1.29 is 23.9 Å². The first-order chi connectivity index (χ1) is 15.2. The Morgan fingerprint density at radius 1 is 1.22 bits per heavy atom. The number of imide groups is 1. The summed E-state index contributed by atoms with van der Waals surface area (Å²) < 4.78 is 12.5. The molecular formula is C24H29N3O5. The molecule has 0 spiro atoms. The van der Waals surface area contributed by atoms with Crippen LogP contribution in [-0.2, 0) is 19.1 Å². The Bertz CT molecular complexity index is 1000. The lowest BCUT2D eigenvalue weighted by molar-refractivity contribution is -0.153. The van der Waals surface area contributed by atoms with Gasteiger partial charge in [0.05, 0.1) is 12.3 Å². The highest BCUT2D eigenvalue weighted by molar-refractivity contribution is 6.08. The first-order valence-electron chi connectivity index (χ1n) is 10.7. The van der Waals surface area contributed by atoms with E-state index in [2.05, 4.69) is 5.10 Å². The Balaban J connectivity index is 1.92. The molecule has 1 aromatic heterocycles. The minimum absolute atomic E-state index is 0.137. The van der Waals surface area contributed by atoms with Gasteiger partial charge in [0, 0.05) is 24.9 Å². The molecule has 2 amide bonds. The fraction of sp³-hybridized carbons (Fsp3) is 0.417. The van der Waals surface area contributed by atoms with Crippen molar-refractivity contribution in [3.05, 3.63) is 54.4 Å². The maximum atomic E-state index is 13.0. The van der Waals surface area contributed by atoms with Gasteiger partial charge in [-0.3, -0.25) is 4.79 Å². The van der Waals surface area contributed by atoms with Crippen molar-refractivity contribution in [1.29, 1.82) is 0 Å². The second-order valence-electron chi connectivity index (χ2n) is 8.60. The van der Waals surface area contributed by atoms with Crippen LogP contribution in [0.1, 0.15) is 52.5 Å². The van der Waals surface area contributed by atoms with Gasteiger partial charge in [-0.1, -0.05) is 25.5 Å². The van der Waals surface area contributed by atoms with E-state index in [0.717, 1.165) is 22.6 Å². The van der Waals surface area contributed by atoms with Gasteiger partial charge in [0.15, 0.2) is 0 Å². The van der Waals surface area contributed by atoms with E-state index in [4.69, 9.17) is 9.47 Å². The average Bonchev–Trinajstić information content (AvgIpc) is 3.27. The number of hydrogen-bond acceptors (Lipinski definition) is 6. The van der Waals surface area contributed by atoms with Crippen molar-refractivity contribution in [3.8, 4) is 5.69 Å². The molecule has 0 radical (unpaired) electrons. The van der Waals surface area contributed by atoms with Gasteiger partial charge >= 0.3 is 12.1 Å². The van der Waals surface area contributed by atoms with Gasteiger partial charge in [0.1, 0.15) is 11.6 Å². The minimum Gasteiger partial charge on any atom is -0.464 e. The molecule has 2 heterocycles. The number of carbonyl (C=O) groups excluding carboxylic acids is 3. The highest BCUT2D eigenvalue weighted by atomic mass is 16.6. The zero-order valence-electron chi connectivity index (χ0n) is 18.9. The number of esters is 1. The number of unbranched alkanes of at least 4 members (excludes halogenated alkanes) is 1. The Morgan fingerprint density at radius 2 is 2.00 bits per heavy atom. The van der Waals surface area contributed by atoms with Crippen LogP contribution in [-0.4, -0.2) is 50.9 Å². The van der Waals surface area contributed by atoms with Gasteiger partial charge in [0.2, 0.25) is 0 Å². The van der Waals surface area contributed by atoms with E-state index in [-0.39, 0.29) is 13.0 Å². The molecule has 8 nitrogen and oxygen atoms in total. The van der Waals surface area contributed by atoms with E-state index in [1.165, 1.54) is 6.08 Å². The van der Waals surface area contributed by atoms with Gasteiger partial charge in [-0.25, -0.2) is 19.2 Å². The van der Waals surface area contributed by atoms with Crippen molar-refractivity contribution in [2.45, 2.75) is 58.6 Å². The highest BCUT2D eigenvalue weighted by Crippen LogP contribution is 2.30. The molecular weight excluding hydrogens is 410 g/mol. The van der Waals surface area contributed by atoms with Gasteiger partial charge in [0.25, 0.3) is 5.91 Å². The zero-order chi connectivity index (χ0) is 23.3. The molecule has 0 aliphatic carbocycles. The summed E-state index contributed by atoms with van der Waals surface area (Å²) in [6.45, 7) is 7.33. The monoisotopic (exact) mass is 439 g/mol. The summed E-state index contributed by atoms with van der Waals surface area (Å²) in [6, 6.07) is 8.21. The number of rotatable bonds is 6. The maximum absolute atomic E-state index is 13.0. The first-order valence-corrected chi connectivity index (χ1v) is 10.7. The predicted octanol–water partition coefficient (Wildman–Crippen LogP) is 4.14.